The van der Waals surface area contributed by atoms with E-state index in [1.807, 2.05) is 48.5 Å². The molecule has 2 aromatic heterocycles. The van der Waals surface area contributed by atoms with E-state index in [1.165, 1.54) is 12.8 Å². The standard InChI is InChI=1S/2C20H24N2O2.C2H2O4.6H2O/c2*1-3-13-12-22-9-7-14(13)10-19(22)20(23)16-6-8-21-18-5-4-15(24-2)11-17(16)18;3-1(4)2(5)6;;;;;;/h2*3-6,8,11,13-14,19-20,23H,1,7,9-10,12H2,2H3;(H,3,4)(H,5,6);6*1H2/t2*13-,14-,19-,20+;;;;;;;/m00......./s1. The van der Waals surface area contributed by atoms with Crippen molar-refractivity contribution < 1.29 is 72.3 Å². The maximum absolute atomic E-state index is 11.2. The van der Waals surface area contributed by atoms with Gasteiger partial charge in [0.2, 0.25) is 0 Å². The molecule has 8 heterocycles. The molecule has 0 saturated carbocycles. The Hall–Kier alpha value is -5.12. The van der Waals surface area contributed by atoms with Gasteiger partial charge in [-0.1, -0.05) is 12.2 Å². The van der Waals surface area contributed by atoms with Gasteiger partial charge in [0.1, 0.15) is 11.5 Å². The largest absolute Gasteiger partial charge is 0.497 e. The minimum Gasteiger partial charge on any atom is -0.497 e. The lowest BCUT2D eigenvalue weighted by Crippen LogP contribution is -2.54. The maximum atomic E-state index is 11.2. The van der Waals surface area contributed by atoms with Crippen molar-refractivity contribution in [3.8, 4) is 11.5 Å². The number of ether oxygens (including phenoxy) is 2. The first-order chi connectivity index (χ1) is 26.1. The molecule has 18 nitrogen and oxygen atoms in total. The zero-order valence-corrected chi connectivity index (χ0v) is 33.8. The zero-order chi connectivity index (χ0) is 38.5. The number of aliphatic hydroxyl groups is 2. The molecule has 10 rings (SSSR count). The summed E-state index contributed by atoms with van der Waals surface area (Å²) in [4.78, 5) is 31.9. The number of benzene rings is 2. The molecule has 6 fully saturated rings. The zero-order valence-electron chi connectivity index (χ0n) is 33.8. The first kappa shape index (κ1) is 54.9. The van der Waals surface area contributed by atoms with E-state index in [1.54, 1.807) is 26.6 Å². The van der Waals surface area contributed by atoms with Crippen LogP contribution in [0.1, 0.15) is 49.0 Å². The molecule has 60 heavy (non-hydrogen) atoms. The number of fused-ring (bicyclic) bond motifs is 8. The molecule has 6 aliphatic rings. The van der Waals surface area contributed by atoms with E-state index in [0.717, 1.165) is 83.5 Å². The number of rotatable bonds is 8. The highest BCUT2D eigenvalue weighted by Gasteiger charge is 2.43. The van der Waals surface area contributed by atoms with Gasteiger partial charge in [0.05, 0.1) is 37.5 Å². The van der Waals surface area contributed by atoms with Gasteiger partial charge >= 0.3 is 11.9 Å². The van der Waals surface area contributed by atoms with Gasteiger partial charge in [0.15, 0.2) is 0 Å². The summed E-state index contributed by atoms with van der Waals surface area (Å²) >= 11 is 0. The minimum absolute atomic E-state index is 0. The number of aliphatic carboxylic acids is 2. The Bertz CT molecular complexity index is 1860. The number of hydrogen-bond acceptors (Lipinski definition) is 10. The van der Waals surface area contributed by atoms with E-state index in [4.69, 9.17) is 29.3 Å². The molecular weight excluding hydrogens is 784 g/mol. The third kappa shape index (κ3) is 11.6. The second-order valence-corrected chi connectivity index (χ2v) is 14.6. The summed E-state index contributed by atoms with van der Waals surface area (Å²) in [5.41, 5.74) is 3.69. The summed E-state index contributed by atoms with van der Waals surface area (Å²) in [5, 5.41) is 39.0. The molecule has 16 N–H and O–H groups in total. The van der Waals surface area contributed by atoms with Crippen LogP contribution in [0.3, 0.4) is 0 Å². The molecule has 6 saturated heterocycles. The third-order valence-corrected chi connectivity index (χ3v) is 11.8. The summed E-state index contributed by atoms with van der Waals surface area (Å²) in [6.07, 6.45) is 11.2. The van der Waals surface area contributed by atoms with Crippen LogP contribution in [-0.4, -0.2) is 137 Å². The van der Waals surface area contributed by atoms with Crippen molar-refractivity contribution >= 4 is 33.7 Å². The quantitative estimate of drug-likeness (QED) is 0.140. The molecule has 18 heteroatoms. The summed E-state index contributed by atoms with van der Waals surface area (Å²) in [6.45, 7) is 12.1. The molecule has 10 atom stereocenters. The Balaban J connectivity index is 0.000000940. The number of methoxy groups -OCH3 is 2. The van der Waals surface area contributed by atoms with E-state index in [2.05, 4.69) is 45.1 Å². The molecule has 0 radical (unpaired) electrons. The Morgan fingerprint density at radius 1 is 0.667 bits per heavy atom. The Labute approximate surface area is 348 Å². The lowest BCUT2D eigenvalue weighted by atomic mass is 9.73. The smallest absolute Gasteiger partial charge is 0.414 e. The fourth-order valence-corrected chi connectivity index (χ4v) is 8.89. The van der Waals surface area contributed by atoms with Crippen LogP contribution < -0.4 is 9.47 Å². The molecule has 6 aliphatic heterocycles. The molecule has 0 amide bonds. The summed E-state index contributed by atoms with van der Waals surface area (Å²) in [5.74, 6) is 0.366. The maximum Gasteiger partial charge on any atom is 0.414 e. The number of pyridine rings is 2. The third-order valence-electron chi connectivity index (χ3n) is 11.8. The molecule has 0 aliphatic carbocycles. The first-order valence-electron chi connectivity index (χ1n) is 18.5. The Morgan fingerprint density at radius 3 is 1.32 bits per heavy atom. The van der Waals surface area contributed by atoms with Crippen LogP contribution in [0.4, 0.5) is 0 Å². The van der Waals surface area contributed by atoms with E-state index < -0.39 is 24.1 Å². The highest BCUT2D eigenvalue weighted by Crippen LogP contribution is 2.43. The van der Waals surface area contributed by atoms with E-state index in [-0.39, 0.29) is 44.9 Å². The molecule has 0 spiro atoms. The average molecular weight is 847 g/mol. The molecule has 2 aromatic carbocycles. The van der Waals surface area contributed by atoms with Crippen molar-refractivity contribution in [2.45, 2.75) is 50.0 Å². The molecule has 4 aromatic rings. The number of piperidine rings is 6. The monoisotopic (exact) mass is 846 g/mol. The van der Waals surface area contributed by atoms with Gasteiger partial charge in [-0.15, -0.1) is 13.2 Å². The number of hydrogen-bond donors (Lipinski definition) is 4. The lowest BCUT2D eigenvalue weighted by Gasteiger charge is -2.50. The van der Waals surface area contributed by atoms with Crippen LogP contribution in [-0.2, 0) is 9.59 Å². The van der Waals surface area contributed by atoms with Gasteiger partial charge in [-0.05, 0) is 122 Å². The predicted molar refractivity (Wildman–Crippen MR) is 227 cm³/mol. The van der Waals surface area contributed by atoms with E-state index in [9.17, 15) is 10.2 Å². The minimum atomic E-state index is -1.82. The second-order valence-electron chi connectivity index (χ2n) is 14.6. The fourth-order valence-electron chi connectivity index (χ4n) is 8.89. The van der Waals surface area contributed by atoms with Crippen LogP contribution in [0.5, 0.6) is 11.5 Å². The number of nitrogens with zero attached hydrogens (tertiary/aromatic N) is 4. The van der Waals surface area contributed by atoms with E-state index >= 15 is 0 Å². The van der Waals surface area contributed by atoms with Crippen LogP contribution in [0, 0.1) is 23.7 Å². The fraction of sp³-hybridized carbons (Fsp3) is 0.429. The number of aromatic nitrogens is 2. The molecule has 334 valence electrons. The average Bonchev–Trinajstić information content (AvgIpc) is 3.22. The van der Waals surface area contributed by atoms with Crippen LogP contribution in [0.15, 0.2) is 86.2 Å². The topological polar surface area (TPSA) is 355 Å². The van der Waals surface area contributed by atoms with Crippen LogP contribution in [0.25, 0.3) is 21.8 Å². The van der Waals surface area contributed by atoms with Crippen molar-refractivity contribution in [3.05, 3.63) is 97.4 Å². The number of aliphatic hydroxyl groups excluding tert-OH is 2. The van der Waals surface area contributed by atoms with Gasteiger partial charge in [-0.2, -0.15) is 0 Å². The number of carbonyl (C=O) groups is 2. The number of carboxylic acids is 2. The highest BCUT2D eigenvalue weighted by molar-refractivity contribution is 6.27. The van der Waals surface area contributed by atoms with Crippen molar-refractivity contribution in [1.82, 2.24) is 19.8 Å². The van der Waals surface area contributed by atoms with Crippen LogP contribution >= 0.6 is 0 Å². The molecule has 2 unspecified atom stereocenters. The van der Waals surface area contributed by atoms with Gasteiger partial charge in [0.25, 0.3) is 0 Å². The normalized spacial score (nSPS) is 24.9. The van der Waals surface area contributed by atoms with Crippen molar-refractivity contribution in [1.29, 1.82) is 0 Å². The van der Waals surface area contributed by atoms with Gasteiger partial charge < -0.3 is 62.8 Å². The predicted octanol–water partition coefficient (Wildman–Crippen LogP) is 0.554. The van der Waals surface area contributed by atoms with Gasteiger partial charge in [0, 0.05) is 48.3 Å². The highest BCUT2D eigenvalue weighted by atomic mass is 16.5. The second kappa shape index (κ2) is 24.2. The summed E-state index contributed by atoms with van der Waals surface area (Å²) < 4.78 is 10.7. The lowest BCUT2D eigenvalue weighted by molar-refractivity contribution is -0.159. The van der Waals surface area contributed by atoms with Crippen molar-refractivity contribution in [3.63, 3.8) is 0 Å². The van der Waals surface area contributed by atoms with Crippen molar-refractivity contribution in [2.75, 3.05) is 40.4 Å². The molecular formula is C42H62N4O14. The molecule has 4 bridgehead atoms. The Kier molecular flexibility index (Phi) is 22.1. The summed E-state index contributed by atoms with van der Waals surface area (Å²) in [7, 11) is 3.32. The SMILES string of the molecule is C=C[C@H]1CN2CC[C@H]1C[C@H]2[C@H](O)c1ccnc2ccc(OC)cc12.C=C[C@H]1CN2CC[C@H]1C[C@H]2[C@H](O)c1ccnc2ccc(OC)cc12.O.O.O.O.O.O.O=C(O)C(=O)O. The van der Waals surface area contributed by atoms with Gasteiger partial charge in [-0.3, -0.25) is 19.8 Å². The van der Waals surface area contributed by atoms with Crippen LogP contribution in [0.2, 0.25) is 0 Å². The first-order valence-corrected chi connectivity index (χ1v) is 18.5. The summed E-state index contributed by atoms with van der Waals surface area (Å²) in [6, 6.07) is 15.9. The van der Waals surface area contributed by atoms with Crippen molar-refractivity contribution in [2.24, 2.45) is 23.7 Å². The number of carboxylic acid groups (broad SMARTS) is 2. The Morgan fingerprint density at radius 2 is 1.03 bits per heavy atom. The van der Waals surface area contributed by atoms with E-state index in [0.29, 0.717) is 23.7 Å². The van der Waals surface area contributed by atoms with Gasteiger partial charge in [-0.25, -0.2) is 9.59 Å².